The summed E-state index contributed by atoms with van der Waals surface area (Å²) in [5.41, 5.74) is 0. The summed E-state index contributed by atoms with van der Waals surface area (Å²) < 4.78 is 17.0. The Labute approximate surface area is 151 Å². The van der Waals surface area contributed by atoms with Gasteiger partial charge in [0.05, 0.1) is 0 Å². The van der Waals surface area contributed by atoms with Gasteiger partial charge in [0.1, 0.15) is 25.4 Å². The molecule has 1 N–H and O–H groups in total. The molecule has 7 nitrogen and oxygen atoms in total. The summed E-state index contributed by atoms with van der Waals surface area (Å²) in [5, 5.41) is 17.9. The third-order valence-electron chi connectivity index (χ3n) is 3.64. The third-order valence-corrected chi connectivity index (χ3v) is 3.84. The molecule has 0 aliphatic carbocycles. The van der Waals surface area contributed by atoms with E-state index in [1.54, 1.807) is 12.1 Å². The van der Waals surface area contributed by atoms with E-state index in [1.807, 2.05) is 36.2 Å². The van der Waals surface area contributed by atoms with Crippen molar-refractivity contribution in [2.24, 2.45) is 0 Å². The Hall–Kier alpha value is -2.09. The number of rotatable bonds is 7. The molecule has 0 spiro atoms. The van der Waals surface area contributed by atoms with E-state index in [0.29, 0.717) is 30.7 Å². The van der Waals surface area contributed by atoms with Gasteiger partial charge in [0, 0.05) is 19.2 Å². The molecular weight excluding hydrogens is 346 g/mol. The lowest BCUT2D eigenvalue weighted by atomic mass is 10.2. The predicted octanol–water partition coefficient (Wildman–Crippen LogP) is 1.64. The van der Waals surface area contributed by atoms with Gasteiger partial charge >= 0.3 is 0 Å². The topological polar surface area (TPSA) is 76.9 Å². The number of likely N-dealkylation sites (N-methyl/N-ethyl adjacent to an activating group) is 1. The van der Waals surface area contributed by atoms with E-state index < -0.39 is 6.10 Å². The number of hydrogen-bond acceptors (Lipinski definition) is 7. The minimum Gasteiger partial charge on any atom is -0.486 e. The predicted molar refractivity (Wildman–Crippen MR) is 92.4 cm³/mol. The number of aliphatic hydroxyl groups excluding tert-OH is 1. The van der Waals surface area contributed by atoms with Crippen LogP contribution in [0.5, 0.6) is 17.4 Å². The van der Waals surface area contributed by atoms with E-state index in [9.17, 15) is 5.11 Å². The van der Waals surface area contributed by atoms with E-state index >= 15 is 0 Å². The number of hydrogen-bond donors (Lipinski definition) is 1. The number of ether oxygens (including phenoxy) is 3. The Morgan fingerprint density at radius 2 is 2.08 bits per heavy atom. The highest BCUT2D eigenvalue weighted by atomic mass is 35.5. The van der Waals surface area contributed by atoms with E-state index in [1.165, 1.54) is 0 Å². The van der Waals surface area contributed by atoms with Gasteiger partial charge in [0.2, 0.25) is 5.88 Å². The Balaban J connectivity index is 1.41. The maximum atomic E-state index is 10.1. The zero-order valence-electron chi connectivity index (χ0n) is 13.8. The van der Waals surface area contributed by atoms with E-state index in [0.717, 1.165) is 11.5 Å². The molecule has 1 aliphatic rings. The first-order valence-corrected chi connectivity index (χ1v) is 8.35. The van der Waals surface area contributed by atoms with E-state index in [4.69, 9.17) is 25.8 Å². The molecule has 134 valence electrons. The summed E-state index contributed by atoms with van der Waals surface area (Å²) in [6, 6.07) is 10.8. The van der Waals surface area contributed by atoms with Gasteiger partial charge in [-0.05, 0) is 25.2 Å². The van der Waals surface area contributed by atoms with Crippen LogP contribution in [0.3, 0.4) is 0 Å². The van der Waals surface area contributed by atoms with Crippen LogP contribution < -0.4 is 14.2 Å². The van der Waals surface area contributed by atoms with Gasteiger partial charge in [0.25, 0.3) is 0 Å². The molecule has 1 aromatic carbocycles. The Bertz CT molecular complexity index is 686. The second-order valence-electron chi connectivity index (χ2n) is 5.88. The first-order valence-electron chi connectivity index (χ1n) is 7.97. The fourth-order valence-corrected chi connectivity index (χ4v) is 2.65. The quantitative estimate of drug-likeness (QED) is 0.799. The van der Waals surface area contributed by atoms with Crippen LogP contribution in [0.1, 0.15) is 0 Å². The maximum absolute atomic E-state index is 10.1. The van der Waals surface area contributed by atoms with Crippen molar-refractivity contribution < 1.29 is 19.3 Å². The van der Waals surface area contributed by atoms with Crippen LogP contribution in [0.2, 0.25) is 5.15 Å². The average molecular weight is 366 g/mol. The van der Waals surface area contributed by atoms with Gasteiger partial charge in [-0.15, -0.1) is 10.2 Å². The first kappa shape index (κ1) is 17.7. The zero-order chi connectivity index (χ0) is 17.6. The highest BCUT2D eigenvalue weighted by Crippen LogP contribution is 2.30. The van der Waals surface area contributed by atoms with Crippen molar-refractivity contribution in [1.82, 2.24) is 15.1 Å². The van der Waals surface area contributed by atoms with Crippen molar-refractivity contribution in [3.8, 4) is 17.4 Å². The molecule has 0 radical (unpaired) electrons. The molecule has 0 amide bonds. The largest absolute Gasteiger partial charge is 0.486 e. The standard InChI is InChI=1S/C17H20ClN3O4/c1-21(8-12(22)10-24-17-7-6-16(18)19-20-17)9-13-11-23-14-4-2-3-5-15(14)25-13/h2-7,12-13,22H,8-11H2,1H3. The van der Waals surface area contributed by atoms with Gasteiger partial charge in [-0.25, -0.2) is 0 Å². The lowest BCUT2D eigenvalue weighted by Crippen LogP contribution is -2.42. The lowest BCUT2D eigenvalue weighted by molar-refractivity contribution is 0.0366. The molecular formula is C17H20ClN3O4. The van der Waals surface area contributed by atoms with Gasteiger partial charge in [-0.2, -0.15) is 0 Å². The molecule has 3 rings (SSSR count). The average Bonchev–Trinajstić information content (AvgIpc) is 2.61. The lowest BCUT2D eigenvalue weighted by Gasteiger charge is -2.30. The number of aromatic nitrogens is 2. The van der Waals surface area contributed by atoms with Crippen molar-refractivity contribution >= 4 is 11.6 Å². The molecule has 1 aromatic heterocycles. The Morgan fingerprint density at radius 3 is 2.84 bits per heavy atom. The molecule has 8 heteroatoms. The van der Waals surface area contributed by atoms with Crippen LogP contribution in [0.4, 0.5) is 0 Å². The van der Waals surface area contributed by atoms with Crippen molar-refractivity contribution in [2.45, 2.75) is 12.2 Å². The maximum Gasteiger partial charge on any atom is 0.233 e. The van der Waals surface area contributed by atoms with Crippen LogP contribution in [0.25, 0.3) is 0 Å². The van der Waals surface area contributed by atoms with Crippen molar-refractivity contribution in [1.29, 1.82) is 0 Å². The molecule has 2 atom stereocenters. The Kier molecular flexibility index (Phi) is 5.91. The van der Waals surface area contributed by atoms with E-state index in [-0.39, 0.29) is 12.7 Å². The molecule has 25 heavy (non-hydrogen) atoms. The van der Waals surface area contributed by atoms with E-state index in [2.05, 4.69) is 10.2 Å². The van der Waals surface area contributed by atoms with Crippen LogP contribution in [0.15, 0.2) is 36.4 Å². The van der Waals surface area contributed by atoms with Crippen LogP contribution >= 0.6 is 11.6 Å². The van der Waals surface area contributed by atoms with Crippen molar-refractivity contribution in [3.05, 3.63) is 41.6 Å². The smallest absolute Gasteiger partial charge is 0.233 e. The van der Waals surface area contributed by atoms with Gasteiger partial charge in [0.15, 0.2) is 16.7 Å². The first-order chi connectivity index (χ1) is 12.1. The molecule has 0 saturated carbocycles. The minimum atomic E-state index is -0.667. The summed E-state index contributed by atoms with van der Waals surface area (Å²) in [7, 11) is 1.91. The van der Waals surface area contributed by atoms with Gasteiger partial charge < -0.3 is 19.3 Å². The zero-order valence-corrected chi connectivity index (χ0v) is 14.6. The van der Waals surface area contributed by atoms with Gasteiger partial charge in [-0.1, -0.05) is 23.7 Å². The SMILES string of the molecule is CN(CC(O)COc1ccc(Cl)nn1)CC1COc2ccccc2O1. The second-order valence-corrected chi connectivity index (χ2v) is 6.27. The molecule has 2 heterocycles. The second kappa shape index (κ2) is 8.33. The fourth-order valence-electron chi connectivity index (χ4n) is 2.55. The number of benzene rings is 1. The molecule has 0 saturated heterocycles. The molecule has 2 aromatic rings. The molecule has 0 bridgehead atoms. The summed E-state index contributed by atoms with van der Waals surface area (Å²) in [6.45, 7) is 1.66. The highest BCUT2D eigenvalue weighted by molar-refractivity contribution is 6.29. The Morgan fingerprint density at radius 1 is 1.28 bits per heavy atom. The fraction of sp³-hybridized carbons (Fsp3) is 0.412. The number of nitrogens with zero attached hydrogens (tertiary/aromatic N) is 3. The molecule has 2 unspecified atom stereocenters. The van der Waals surface area contributed by atoms with Crippen LogP contribution in [-0.4, -0.2) is 65.8 Å². The molecule has 1 aliphatic heterocycles. The minimum absolute atomic E-state index is 0.0878. The number of para-hydroxylation sites is 2. The summed E-state index contributed by atoms with van der Waals surface area (Å²) in [6.07, 6.45) is -0.755. The summed E-state index contributed by atoms with van der Waals surface area (Å²) in [5.74, 6) is 1.84. The number of aliphatic hydroxyl groups is 1. The van der Waals surface area contributed by atoms with Gasteiger partial charge in [-0.3, -0.25) is 4.90 Å². The number of fused-ring (bicyclic) bond motifs is 1. The highest BCUT2D eigenvalue weighted by Gasteiger charge is 2.22. The normalized spacial score (nSPS) is 17.4. The monoisotopic (exact) mass is 365 g/mol. The summed E-state index contributed by atoms with van der Waals surface area (Å²) in [4.78, 5) is 1.98. The third kappa shape index (κ3) is 5.19. The van der Waals surface area contributed by atoms with Crippen molar-refractivity contribution in [3.63, 3.8) is 0 Å². The summed E-state index contributed by atoms with van der Waals surface area (Å²) >= 11 is 5.66. The molecule has 0 fully saturated rings. The van der Waals surface area contributed by atoms with Crippen LogP contribution in [0, 0.1) is 0 Å². The number of halogens is 1. The van der Waals surface area contributed by atoms with Crippen molar-refractivity contribution in [2.75, 3.05) is 33.4 Å². The van der Waals surface area contributed by atoms with Crippen LogP contribution in [-0.2, 0) is 0 Å².